The zero-order valence-electron chi connectivity index (χ0n) is 15.3. The average Bonchev–Trinajstić information content (AvgIpc) is 3.20. The van der Waals surface area contributed by atoms with Crippen molar-refractivity contribution >= 4 is 11.8 Å². The van der Waals surface area contributed by atoms with Gasteiger partial charge in [-0.3, -0.25) is 9.59 Å². The second kappa shape index (κ2) is 7.31. The van der Waals surface area contributed by atoms with Crippen molar-refractivity contribution in [2.45, 2.75) is 6.42 Å². The number of carbonyl (C=O) groups is 2. The highest BCUT2D eigenvalue weighted by molar-refractivity contribution is 5.96. The number of carbonyl (C=O) groups excluding carboxylic acids is 2. The van der Waals surface area contributed by atoms with Gasteiger partial charge in [0, 0.05) is 43.7 Å². The van der Waals surface area contributed by atoms with Crippen LogP contribution in [0.15, 0.2) is 42.5 Å². The van der Waals surface area contributed by atoms with Gasteiger partial charge in [0.2, 0.25) is 0 Å². The summed E-state index contributed by atoms with van der Waals surface area (Å²) in [6.45, 7) is 2.79. The first-order valence-corrected chi connectivity index (χ1v) is 9.14. The van der Waals surface area contributed by atoms with Crippen molar-refractivity contribution in [2.24, 2.45) is 0 Å². The number of hydrogen-bond acceptors (Lipinski definition) is 4. The number of nitrogens with zero attached hydrogens (tertiary/aromatic N) is 2. The fourth-order valence-corrected chi connectivity index (χ4v) is 3.55. The zero-order chi connectivity index (χ0) is 18.8. The van der Waals surface area contributed by atoms with Gasteiger partial charge in [0.1, 0.15) is 11.5 Å². The summed E-state index contributed by atoms with van der Waals surface area (Å²) in [5.41, 5.74) is 2.38. The number of fused-ring (bicyclic) bond motifs is 1. The Kier molecular flexibility index (Phi) is 4.71. The monoisotopic (exact) mass is 366 g/mol. The van der Waals surface area contributed by atoms with Crippen LogP contribution in [-0.2, 0) is 6.42 Å². The van der Waals surface area contributed by atoms with Gasteiger partial charge in [-0.2, -0.15) is 0 Å². The summed E-state index contributed by atoms with van der Waals surface area (Å²) in [7, 11) is 1.58. The van der Waals surface area contributed by atoms with E-state index in [0.29, 0.717) is 49.7 Å². The Bertz CT molecular complexity index is 872. The molecule has 2 aromatic carbocycles. The summed E-state index contributed by atoms with van der Waals surface area (Å²) in [5.74, 6) is 1.52. The summed E-state index contributed by atoms with van der Waals surface area (Å²) < 4.78 is 10.7. The van der Waals surface area contributed by atoms with Crippen molar-refractivity contribution < 1.29 is 19.1 Å². The molecule has 2 aromatic rings. The molecule has 4 rings (SSSR count). The minimum atomic E-state index is -0.0318. The molecule has 0 spiro atoms. The van der Waals surface area contributed by atoms with Gasteiger partial charge in [-0.05, 0) is 42.0 Å². The van der Waals surface area contributed by atoms with E-state index in [1.54, 1.807) is 24.1 Å². The molecule has 0 N–H and O–H groups in total. The Hall–Kier alpha value is -3.02. The summed E-state index contributed by atoms with van der Waals surface area (Å²) in [6, 6.07) is 12.8. The van der Waals surface area contributed by atoms with E-state index in [1.165, 1.54) is 0 Å². The van der Waals surface area contributed by atoms with Crippen LogP contribution in [0.25, 0.3) is 0 Å². The van der Waals surface area contributed by atoms with Gasteiger partial charge >= 0.3 is 0 Å². The Morgan fingerprint density at radius 3 is 2.26 bits per heavy atom. The van der Waals surface area contributed by atoms with E-state index in [-0.39, 0.29) is 11.8 Å². The van der Waals surface area contributed by atoms with Crippen molar-refractivity contribution in [3.8, 4) is 11.5 Å². The smallest absolute Gasteiger partial charge is 0.254 e. The number of amides is 2. The summed E-state index contributed by atoms with van der Waals surface area (Å²) >= 11 is 0. The number of hydrogen-bond donors (Lipinski definition) is 0. The maximum atomic E-state index is 12.8. The van der Waals surface area contributed by atoms with Crippen LogP contribution in [0, 0.1) is 0 Å². The molecule has 6 heteroatoms. The third-order valence-corrected chi connectivity index (χ3v) is 5.11. The maximum absolute atomic E-state index is 12.8. The predicted molar refractivity (Wildman–Crippen MR) is 100 cm³/mol. The van der Waals surface area contributed by atoms with Crippen molar-refractivity contribution in [3.63, 3.8) is 0 Å². The van der Waals surface area contributed by atoms with Crippen LogP contribution in [0.1, 0.15) is 26.3 Å². The molecule has 2 aliphatic heterocycles. The lowest BCUT2D eigenvalue weighted by molar-refractivity contribution is 0.0535. The highest BCUT2D eigenvalue weighted by atomic mass is 16.5. The van der Waals surface area contributed by atoms with E-state index >= 15 is 0 Å². The number of methoxy groups -OCH3 is 1. The van der Waals surface area contributed by atoms with Crippen LogP contribution >= 0.6 is 0 Å². The molecule has 0 radical (unpaired) electrons. The van der Waals surface area contributed by atoms with E-state index < -0.39 is 0 Å². The number of piperazine rings is 1. The van der Waals surface area contributed by atoms with Gasteiger partial charge < -0.3 is 19.3 Å². The average molecular weight is 366 g/mol. The first-order chi connectivity index (χ1) is 13.2. The highest BCUT2D eigenvalue weighted by Gasteiger charge is 2.26. The lowest BCUT2D eigenvalue weighted by atomic mass is 10.1. The molecule has 0 unspecified atom stereocenters. The maximum Gasteiger partial charge on any atom is 0.254 e. The van der Waals surface area contributed by atoms with Crippen molar-refractivity contribution in [1.29, 1.82) is 0 Å². The molecule has 0 aromatic heterocycles. The van der Waals surface area contributed by atoms with Crippen molar-refractivity contribution in [2.75, 3.05) is 39.9 Å². The molecule has 0 atom stereocenters. The van der Waals surface area contributed by atoms with E-state index in [0.717, 1.165) is 17.7 Å². The SMILES string of the molecule is COc1cccc(C(=O)N2CCN(C(=O)c3ccc4c(c3)CCO4)CC2)c1. The van der Waals surface area contributed by atoms with Crippen molar-refractivity contribution in [1.82, 2.24) is 9.80 Å². The molecule has 0 saturated carbocycles. The molecular weight excluding hydrogens is 344 g/mol. The topological polar surface area (TPSA) is 59.1 Å². The van der Waals surface area contributed by atoms with E-state index in [4.69, 9.17) is 9.47 Å². The fraction of sp³-hybridized carbons (Fsp3) is 0.333. The minimum Gasteiger partial charge on any atom is -0.497 e. The van der Waals surface area contributed by atoms with E-state index in [2.05, 4.69) is 0 Å². The first-order valence-electron chi connectivity index (χ1n) is 9.14. The summed E-state index contributed by atoms with van der Waals surface area (Å²) in [4.78, 5) is 29.1. The second-order valence-electron chi connectivity index (χ2n) is 6.74. The molecule has 2 heterocycles. The normalized spacial score (nSPS) is 15.9. The minimum absolute atomic E-state index is 0.0122. The third-order valence-electron chi connectivity index (χ3n) is 5.11. The van der Waals surface area contributed by atoms with Crippen LogP contribution in [-0.4, -0.2) is 61.5 Å². The summed E-state index contributed by atoms with van der Waals surface area (Å²) in [5, 5.41) is 0. The highest BCUT2D eigenvalue weighted by Crippen LogP contribution is 2.26. The van der Waals surface area contributed by atoms with Crippen molar-refractivity contribution in [3.05, 3.63) is 59.2 Å². The van der Waals surface area contributed by atoms with Crippen LogP contribution in [0.2, 0.25) is 0 Å². The summed E-state index contributed by atoms with van der Waals surface area (Å²) in [6.07, 6.45) is 0.846. The van der Waals surface area contributed by atoms with Gasteiger partial charge in [-0.1, -0.05) is 6.07 Å². The van der Waals surface area contributed by atoms with Crippen LogP contribution < -0.4 is 9.47 Å². The number of ether oxygens (including phenoxy) is 2. The first kappa shape index (κ1) is 17.4. The van der Waals surface area contributed by atoms with E-state index in [9.17, 15) is 9.59 Å². The third kappa shape index (κ3) is 3.47. The molecule has 27 heavy (non-hydrogen) atoms. The molecule has 1 fully saturated rings. The molecule has 2 amide bonds. The van der Waals surface area contributed by atoms with Gasteiger partial charge in [0.15, 0.2) is 0 Å². The number of rotatable bonds is 3. The molecule has 1 saturated heterocycles. The molecule has 0 bridgehead atoms. The molecule has 6 nitrogen and oxygen atoms in total. The van der Waals surface area contributed by atoms with Crippen LogP contribution in [0.5, 0.6) is 11.5 Å². The standard InChI is InChI=1S/C21H22N2O4/c1-26-18-4-2-3-16(14-18)20(24)22-8-10-23(11-9-22)21(25)17-5-6-19-15(13-17)7-12-27-19/h2-6,13-14H,7-12H2,1H3. The zero-order valence-corrected chi connectivity index (χ0v) is 15.3. The molecular formula is C21H22N2O4. The largest absolute Gasteiger partial charge is 0.497 e. The lowest BCUT2D eigenvalue weighted by Gasteiger charge is -2.35. The Balaban J connectivity index is 1.39. The molecule has 0 aliphatic carbocycles. The Labute approximate surface area is 158 Å². The predicted octanol–water partition coefficient (Wildman–Crippen LogP) is 2.23. The Morgan fingerprint density at radius 2 is 1.59 bits per heavy atom. The molecule has 140 valence electrons. The van der Waals surface area contributed by atoms with Gasteiger partial charge in [0.05, 0.1) is 13.7 Å². The van der Waals surface area contributed by atoms with Gasteiger partial charge in [-0.25, -0.2) is 0 Å². The van der Waals surface area contributed by atoms with Crippen LogP contribution in [0.3, 0.4) is 0 Å². The van der Waals surface area contributed by atoms with Gasteiger partial charge in [-0.15, -0.1) is 0 Å². The van der Waals surface area contributed by atoms with Gasteiger partial charge in [0.25, 0.3) is 11.8 Å². The molecule has 2 aliphatic rings. The fourth-order valence-electron chi connectivity index (χ4n) is 3.55. The lowest BCUT2D eigenvalue weighted by Crippen LogP contribution is -2.50. The van der Waals surface area contributed by atoms with E-state index in [1.807, 2.05) is 35.2 Å². The number of benzene rings is 2. The Morgan fingerprint density at radius 1 is 0.926 bits per heavy atom. The second-order valence-corrected chi connectivity index (χ2v) is 6.74. The quantitative estimate of drug-likeness (QED) is 0.836. The van der Waals surface area contributed by atoms with Crippen LogP contribution in [0.4, 0.5) is 0 Å².